The van der Waals surface area contributed by atoms with Gasteiger partial charge in [-0.3, -0.25) is 4.90 Å². The normalized spacial score (nSPS) is 19.2. The number of fused-ring (bicyclic) bond motifs is 3. The number of benzene rings is 4. The van der Waals surface area contributed by atoms with Crippen molar-refractivity contribution in [2.75, 3.05) is 79.0 Å². The molecule has 0 aromatic heterocycles. The highest BCUT2D eigenvalue weighted by atomic mass is 35.5. The van der Waals surface area contributed by atoms with Gasteiger partial charge in [-0.15, -0.1) is 12.4 Å². The van der Waals surface area contributed by atoms with Crippen molar-refractivity contribution < 1.29 is 28.4 Å². The van der Waals surface area contributed by atoms with Crippen LogP contribution in [0.3, 0.4) is 0 Å². The molecule has 12 heteroatoms. The summed E-state index contributed by atoms with van der Waals surface area (Å²) in [5.41, 5.74) is 3.45. The Balaban J connectivity index is 0.000000176. The molecule has 2 atom stereocenters. The predicted molar refractivity (Wildman–Crippen MR) is 205 cm³/mol. The van der Waals surface area contributed by atoms with Crippen LogP contribution >= 0.6 is 24.2 Å². The first-order chi connectivity index (χ1) is 25.1. The topological polar surface area (TPSA) is 88.0 Å². The lowest BCUT2D eigenvalue weighted by Crippen LogP contribution is -2.49. The maximum absolute atomic E-state index is 13.2. The lowest BCUT2D eigenvalue weighted by Gasteiger charge is -2.36. The lowest BCUT2D eigenvalue weighted by atomic mass is 9.81. The maximum Gasteiger partial charge on any atom is 0.231 e. The molecule has 8 rings (SSSR count). The Morgan fingerprint density at radius 2 is 1.65 bits per heavy atom. The van der Waals surface area contributed by atoms with Gasteiger partial charge in [0.2, 0.25) is 6.79 Å². The summed E-state index contributed by atoms with van der Waals surface area (Å²) < 4.78 is 35.3. The number of hydrogen-bond donors (Lipinski definition) is 2. The Hall–Kier alpha value is -3.84. The summed E-state index contributed by atoms with van der Waals surface area (Å²) in [6.07, 6.45) is 1.03. The first kappa shape index (κ1) is 37.9. The van der Waals surface area contributed by atoms with E-state index in [9.17, 15) is 4.39 Å². The van der Waals surface area contributed by atoms with Crippen LogP contribution in [0.15, 0.2) is 106 Å². The molecule has 0 unspecified atom stereocenters. The first-order valence-electron chi connectivity index (χ1n) is 17.7. The van der Waals surface area contributed by atoms with E-state index in [4.69, 9.17) is 29.0 Å². The van der Waals surface area contributed by atoms with Crippen molar-refractivity contribution in [3.8, 4) is 17.2 Å². The zero-order valence-electron chi connectivity index (χ0n) is 29.1. The van der Waals surface area contributed by atoms with E-state index in [-0.39, 0.29) is 31.6 Å². The number of aliphatic hydroxyl groups excluding tert-OH is 1. The molecule has 9 nitrogen and oxygen atoms in total. The van der Waals surface area contributed by atoms with Crippen molar-refractivity contribution in [3.63, 3.8) is 0 Å². The molecule has 4 heterocycles. The monoisotopic (exact) mass is 748 g/mol. The molecular formula is C40H46ClFN4O5S. The zero-order chi connectivity index (χ0) is 34.8. The van der Waals surface area contributed by atoms with Crippen LogP contribution in [0.2, 0.25) is 0 Å². The highest BCUT2D eigenvalue weighted by Crippen LogP contribution is 2.41. The quantitative estimate of drug-likeness (QED) is 0.184. The number of piperidine rings is 1. The number of rotatable bonds is 9. The van der Waals surface area contributed by atoms with Gasteiger partial charge in [0.1, 0.15) is 17.4 Å². The van der Waals surface area contributed by atoms with Gasteiger partial charge in [-0.2, -0.15) is 0 Å². The fourth-order valence-electron chi connectivity index (χ4n) is 6.87. The summed E-state index contributed by atoms with van der Waals surface area (Å²) in [5, 5.41) is 12.2. The van der Waals surface area contributed by atoms with Crippen LogP contribution in [-0.2, 0) is 4.74 Å². The summed E-state index contributed by atoms with van der Waals surface area (Å²) in [7, 11) is 0. The number of para-hydroxylation sites is 1. The van der Waals surface area contributed by atoms with Crippen molar-refractivity contribution in [2.24, 2.45) is 10.9 Å². The molecule has 0 spiro atoms. The van der Waals surface area contributed by atoms with Crippen LogP contribution < -0.4 is 19.5 Å². The zero-order valence-corrected chi connectivity index (χ0v) is 30.8. The molecule has 0 saturated carbocycles. The Morgan fingerprint density at radius 3 is 2.48 bits per heavy atom. The van der Waals surface area contributed by atoms with Crippen molar-refractivity contribution in [2.45, 2.75) is 22.1 Å². The van der Waals surface area contributed by atoms with Gasteiger partial charge in [-0.05, 0) is 66.9 Å². The third kappa shape index (κ3) is 9.57. The largest absolute Gasteiger partial charge is 0.493 e. The van der Waals surface area contributed by atoms with E-state index < -0.39 is 0 Å². The third-order valence-corrected chi connectivity index (χ3v) is 10.8. The second kappa shape index (κ2) is 18.8. The Bertz CT molecular complexity index is 1780. The summed E-state index contributed by atoms with van der Waals surface area (Å²) in [6.45, 7) is 8.75. The number of aliphatic imine (C=N–C) groups is 1. The van der Waals surface area contributed by atoms with Crippen LogP contribution in [0.5, 0.6) is 17.2 Å². The van der Waals surface area contributed by atoms with Gasteiger partial charge in [0.05, 0.1) is 32.1 Å². The number of nitrogens with one attached hydrogen (secondary N) is 1. The predicted octanol–water partition coefficient (Wildman–Crippen LogP) is 6.60. The molecular weight excluding hydrogens is 703 g/mol. The molecule has 4 aliphatic heterocycles. The molecule has 276 valence electrons. The van der Waals surface area contributed by atoms with Gasteiger partial charge in [0.15, 0.2) is 11.5 Å². The number of aliphatic hydroxyl groups is 1. The summed E-state index contributed by atoms with van der Waals surface area (Å²) in [5.74, 6) is 3.87. The minimum absolute atomic E-state index is 0. The van der Waals surface area contributed by atoms with E-state index in [1.807, 2.05) is 30.3 Å². The lowest BCUT2D eigenvalue weighted by molar-refractivity contribution is 0.0652. The molecule has 4 aliphatic rings. The highest BCUT2D eigenvalue weighted by Gasteiger charge is 2.28. The van der Waals surface area contributed by atoms with Gasteiger partial charge < -0.3 is 34.3 Å². The number of piperazine rings is 1. The van der Waals surface area contributed by atoms with E-state index in [0.29, 0.717) is 31.7 Å². The Kier molecular flexibility index (Phi) is 13.7. The molecule has 4 aromatic carbocycles. The number of nitrogens with zero attached hydrogens (tertiary/aromatic N) is 3. The van der Waals surface area contributed by atoms with Gasteiger partial charge in [-0.25, -0.2) is 9.38 Å². The van der Waals surface area contributed by atoms with Crippen molar-refractivity contribution in [1.82, 2.24) is 15.1 Å². The summed E-state index contributed by atoms with van der Waals surface area (Å²) in [4.78, 5) is 12.4. The Labute approximate surface area is 315 Å². The second-order valence-electron chi connectivity index (χ2n) is 12.9. The fourth-order valence-corrected chi connectivity index (χ4v) is 7.89. The molecule has 0 amide bonds. The molecule has 0 bridgehead atoms. The van der Waals surface area contributed by atoms with Gasteiger partial charge in [0, 0.05) is 66.6 Å². The van der Waals surface area contributed by atoms with Gasteiger partial charge in [0.25, 0.3) is 0 Å². The van der Waals surface area contributed by atoms with E-state index >= 15 is 0 Å². The third-order valence-electron chi connectivity index (χ3n) is 9.61. The maximum atomic E-state index is 13.2. The van der Waals surface area contributed by atoms with Crippen LogP contribution in [0.4, 0.5) is 10.1 Å². The molecule has 2 saturated heterocycles. The molecule has 2 fully saturated rings. The average Bonchev–Trinajstić information content (AvgIpc) is 3.58. The van der Waals surface area contributed by atoms with Crippen molar-refractivity contribution >= 4 is 35.7 Å². The second-order valence-corrected chi connectivity index (χ2v) is 14.0. The van der Waals surface area contributed by atoms with Crippen LogP contribution in [0.1, 0.15) is 23.5 Å². The fraction of sp³-hybridized carbons (Fsp3) is 0.375. The van der Waals surface area contributed by atoms with Crippen LogP contribution in [0.25, 0.3) is 0 Å². The number of ether oxygens (including phenoxy) is 4. The van der Waals surface area contributed by atoms with E-state index in [0.717, 1.165) is 81.0 Å². The highest BCUT2D eigenvalue weighted by molar-refractivity contribution is 7.99. The average molecular weight is 749 g/mol. The molecule has 52 heavy (non-hydrogen) atoms. The van der Waals surface area contributed by atoms with Crippen molar-refractivity contribution in [3.05, 3.63) is 108 Å². The van der Waals surface area contributed by atoms with Crippen molar-refractivity contribution in [1.29, 1.82) is 0 Å². The van der Waals surface area contributed by atoms with E-state index in [2.05, 4.69) is 63.6 Å². The number of hydrogen-bond acceptors (Lipinski definition) is 10. The van der Waals surface area contributed by atoms with Crippen LogP contribution in [0, 0.1) is 11.7 Å². The SMILES string of the molecule is Cl.Fc1ccc([C@@H]2CCNC[C@H]2COc2ccc3c(c2)OCO3)cc1.OCCOCCN1CCN(C2=Nc3ccccc3Sc3ccccc32)CC1. The van der Waals surface area contributed by atoms with E-state index in [1.165, 1.54) is 33.1 Å². The standard InChI is InChI=1S/C21H25N3O2S.C19H20FNO3.ClH/c25-14-16-26-15-13-23-9-11-24(12-10-23)21-17-5-1-3-7-19(17)27-20-8-4-2-6-18(20)22-21;20-15-3-1-13(2-4-15)17-7-8-21-10-14(17)11-22-16-5-6-18-19(9-16)24-12-23-18;/h1-8,25H,9-16H2;1-6,9,14,17,21H,7-8,10-12H2;1H/t;14-,17-;/m.0./s1. The summed E-state index contributed by atoms with van der Waals surface area (Å²) in [6, 6.07) is 29.4. The number of halogens is 2. The Morgan fingerprint density at radius 1 is 0.885 bits per heavy atom. The number of amidine groups is 1. The molecule has 2 N–H and O–H groups in total. The van der Waals surface area contributed by atoms with Gasteiger partial charge in [-0.1, -0.05) is 54.2 Å². The first-order valence-corrected chi connectivity index (χ1v) is 18.6. The van der Waals surface area contributed by atoms with Crippen LogP contribution in [-0.4, -0.2) is 99.8 Å². The minimum atomic E-state index is -0.194. The van der Waals surface area contributed by atoms with E-state index in [1.54, 1.807) is 11.8 Å². The smallest absolute Gasteiger partial charge is 0.231 e. The summed E-state index contributed by atoms with van der Waals surface area (Å²) >= 11 is 1.80. The molecule has 0 aliphatic carbocycles. The molecule has 4 aromatic rings. The minimum Gasteiger partial charge on any atom is -0.493 e. The molecule has 0 radical (unpaired) electrons. The van der Waals surface area contributed by atoms with Gasteiger partial charge >= 0.3 is 0 Å².